The second-order valence-corrected chi connectivity index (χ2v) is 8.65. The van der Waals surface area contributed by atoms with Gasteiger partial charge in [0.25, 0.3) is 0 Å². The Bertz CT molecular complexity index is 1140. The zero-order valence-corrected chi connectivity index (χ0v) is 18.5. The normalized spacial score (nSPS) is 16.7. The molecule has 33 heavy (non-hydrogen) atoms. The van der Waals surface area contributed by atoms with E-state index in [2.05, 4.69) is 27.4 Å². The van der Waals surface area contributed by atoms with Gasteiger partial charge in [0.15, 0.2) is 0 Å². The molecule has 0 bridgehead atoms. The van der Waals surface area contributed by atoms with Gasteiger partial charge in [0.2, 0.25) is 0 Å². The van der Waals surface area contributed by atoms with Crippen LogP contribution < -0.4 is 5.32 Å². The Morgan fingerprint density at radius 3 is 2.88 bits per heavy atom. The smallest absolute Gasteiger partial charge is 0.320 e. The minimum atomic E-state index is -0.959. The summed E-state index contributed by atoms with van der Waals surface area (Å²) in [5.41, 5.74) is 4.90. The molecule has 172 valence electrons. The summed E-state index contributed by atoms with van der Waals surface area (Å²) < 4.78 is 0. The molecule has 3 N–H and O–H groups in total. The Morgan fingerprint density at radius 1 is 1.15 bits per heavy atom. The van der Waals surface area contributed by atoms with Crippen molar-refractivity contribution in [1.29, 1.82) is 0 Å². The molecule has 3 aromatic rings. The van der Waals surface area contributed by atoms with Gasteiger partial charge in [-0.3, -0.25) is 9.78 Å². The van der Waals surface area contributed by atoms with Crippen molar-refractivity contribution in [2.45, 2.75) is 38.1 Å². The fourth-order valence-electron chi connectivity index (χ4n) is 4.72. The summed E-state index contributed by atoms with van der Waals surface area (Å²) in [6.45, 7) is 2.68. The van der Waals surface area contributed by atoms with Crippen LogP contribution in [0.1, 0.15) is 42.5 Å². The zero-order valence-electron chi connectivity index (χ0n) is 18.5. The van der Waals surface area contributed by atoms with Crippen molar-refractivity contribution in [3.63, 3.8) is 0 Å². The average molecular weight is 449 g/mol. The SMILES string of the molecule is O=C(O)C[C@@H](c1nc2ccccc2[nH]1)N1CCN(CCCc2ccc3c(n2)CCCN3)C1=O. The number of nitrogens with one attached hydrogen (secondary N) is 2. The third-order valence-corrected chi connectivity index (χ3v) is 6.39. The highest BCUT2D eigenvalue weighted by Crippen LogP contribution is 2.28. The van der Waals surface area contributed by atoms with Crippen molar-refractivity contribution in [3.05, 3.63) is 53.6 Å². The van der Waals surface area contributed by atoms with E-state index in [9.17, 15) is 14.7 Å². The maximum absolute atomic E-state index is 13.1. The van der Waals surface area contributed by atoms with Crippen molar-refractivity contribution < 1.29 is 14.7 Å². The number of aryl methyl sites for hydroxylation is 2. The van der Waals surface area contributed by atoms with E-state index in [1.165, 1.54) is 0 Å². The van der Waals surface area contributed by atoms with Gasteiger partial charge in [-0.05, 0) is 49.9 Å². The quantitative estimate of drug-likeness (QED) is 0.488. The number of aromatic nitrogens is 3. The number of H-pyrrole nitrogens is 1. The number of fused-ring (bicyclic) bond motifs is 2. The summed E-state index contributed by atoms with van der Waals surface area (Å²) >= 11 is 0. The van der Waals surface area contributed by atoms with Crippen LogP contribution in [0.4, 0.5) is 10.5 Å². The summed E-state index contributed by atoms with van der Waals surface area (Å²) in [5.74, 6) is -0.444. The molecule has 0 aliphatic carbocycles. The molecule has 9 nitrogen and oxygen atoms in total. The predicted molar refractivity (Wildman–Crippen MR) is 124 cm³/mol. The number of pyridine rings is 1. The van der Waals surface area contributed by atoms with Crippen LogP contribution in [0.15, 0.2) is 36.4 Å². The van der Waals surface area contributed by atoms with Gasteiger partial charge in [-0.25, -0.2) is 9.78 Å². The number of carboxylic acids is 1. The summed E-state index contributed by atoms with van der Waals surface area (Å²) in [5, 5.41) is 12.9. The summed E-state index contributed by atoms with van der Waals surface area (Å²) in [6, 6.07) is 10.9. The molecule has 1 atom stereocenters. The molecule has 1 aromatic carbocycles. The number of imidazole rings is 1. The number of aromatic amines is 1. The highest BCUT2D eigenvalue weighted by molar-refractivity contribution is 5.79. The highest BCUT2D eigenvalue weighted by Gasteiger charge is 2.36. The van der Waals surface area contributed by atoms with Crippen LogP contribution >= 0.6 is 0 Å². The van der Waals surface area contributed by atoms with Crippen LogP contribution in [0.3, 0.4) is 0 Å². The van der Waals surface area contributed by atoms with Crippen LogP contribution in [0, 0.1) is 0 Å². The Hall–Kier alpha value is -3.62. The van der Waals surface area contributed by atoms with Gasteiger partial charge in [0.1, 0.15) is 11.9 Å². The molecule has 4 heterocycles. The number of amides is 2. The Labute approximate surface area is 191 Å². The van der Waals surface area contributed by atoms with Gasteiger partial charge in [0.05, 0.1) is 28.8 Å². The van der Waals surface area contributed by atoms with Gasteiger partial charge in [0, 0.05) is 31.9 Å². The molecule has 0 radical (unpaired) electrons. The van der Waals surface area contributed by atoms with Gasteiger partial charge >= 0.3 is 12.0 Å². The molecule has 2 aliphatic rings. The number of carbonyl (C=O) groups is 2. The van der Waals surface area contributed by atoms with E-state index < -0.39 is 12.0 Å². The number of para-hydroxylation sites is 2. The average Bonchev–Trinajstić information content (AvgIpc) is 3.41. The number of hydrogen-bond acceptors (Lipinski definition) is 5. The minimum Gasteiger partial charge on any atom is -0.481 e. The molecular formula is C24H28N6O3. The third kappa shape index (κ3) is 4.48. The minimum absolute atomic E-state index is 0.135. The maximum Gasteiger partial charge on any atom is 0.320 e. The summed E-state index contributed by atoms with van der Waals surface area (Å²) in [6.07, 6.45) is 3.53. The second-order valence-electron chi connectivity index (χ2n) is 8.65. The van der Waals surface area contributed by atoms with E-state index in [0.717, 1.165) is 60.3 Å². The lowest BCUT2D eigenvalue weighted by molar-refractivity contribution is -0.138. The van der Waals surface area contributed by atoms with Crippen molar-refractivity contribution >= 4 is 28.7 Å². The summed E-state index contributed by atoms with van der Waals surface area (Å²) in [7, 11) is 0. The lowest BCUT2D eigenvalue weighted by atomic mass is 10.1. The van der Waals surface area contributed by atoms with Crippen molar-refractivity contribution in [1.82, 2.24) is 24.8 Å². The predicted octanol–water partition coefficient (Wildman–Crippen LogP) is 3.20. The molecule has 0 unspecified atom stereocenters. The number of carbonyl (C=O) groups excluding carboxylic acids is 1. The number of anilines is 1. The number of rotatable bonds is 8. The third-order valence-electron chi connectivity index (χ3n) is 6.39. The topological polar surface area (TPSA) is 114 Å². The second kappa shape index (κ2) is 9.09. The molecule has 9 heteroatoms. The number of aliphatic carboxylic acids is 1. The Morgan fingerprint density at radius 2 is 2.03 bits per heavy atom. The molecule has 5 rings (SSSR count). The van der Waals surface area contributed by atoms with E-state index in [4.69, 9.17) is 4.98 Å². The number of nitrogens with zero attached hydrogens (tertiary/aromatic N) is 4. The first kappa shape index (κ1) is 21.2. The number of carboxylic acid groups (broad SMARTS) is 1. The molecule has 1 fully saturated rings. The first-order valence-electron chi connectivity index (χ1n) is 11.5. The van der Waals surface area contributed by atoms with Gasteiger partial charge in [-0.15, -0.1) is 0 Å². The van der Waals surface area contributed by atoms with E-state index >= 15 is 0 Å². The van der Waals surface area contributed by atoms with Crippen molar-refractivity contribution in [2.75, 3.05) is 31.5 Å². The van der Waals surface area contributed by atoms with E-state index in [1.54, 1.807) is 9.80 Å². The van der Waals surface area contributed by atoms with Crippen molar-refractivity contribution in [2.24, 2.45) is 0 Å². The number of hydrogen-bond donors (Lipinski definition) is 3. The van der Waals surface area contributed by atoms with Crippen LogP contribution in [0.2, 0.25) is 0 Å². The first-order valence-corrected chi connectivity index (χ1v) is 11.5. The molecule has 0 spiro atoms. The van der Waals surface area contributed by atoms with Gasteiger partial charge < -0.3 is 25.2 Å². The Kier molecular flexibility index (Phi) is 5.85. The van der Waals surface area contributed by atoms with Gasteiger partial charge in [-0.1, -0.05) is 12.1 Å². The van der Waals surface area contributed by atoms with E-state index in [-0.39, 0.29) is 12.5 Å². The first-order chi connectivity index (χ1) is 16.1. The van der Waals surface area contributed by atoms with Crippen LogP contribution in [0.25, 0.3) is 11.0 Å². The van der Waals surface area contributed by atoms with E-state index in [0.29, 0.717) is 25.5 Å². The molecule has 2 amide bonds. The monoisotopic (exact) mass is 448 g/mol. The maximum atomic E-state index is 13.1. The fourth-order valence-corrected chi connectivity index (χ4v) is 4.72. The zero-order chi connectivity index (χ0) is 22.8. The largest absolute Gasteiger partial charge is 0.481 e. The Balaban J connectivity index is 1.23. The molecule has 1 saturated heterocycles. The number of benzene rings is 1. The molecule has 2 aliphatic heterocycles. The standard InChI is InChI=1S/C24H28N6O3/c31-22(32)15-21(23-27-19-6-1-2-7-20(19)28-23)30-14-13-29(24(30)33)12-4-5-16-9-10-17-18(26-16)8-3-11-25-17/h1-2,6-7,9-10,21,25H,3-5,8,11-15H2,(H,27,28)(H,31,32)/t21-/m0/s1. The van der Waals surface area contributed by atoms with Crippen LogP contribution in [-0.4, -0.2) is 68.0 Å². The molecule has 2 aromatic heterocycles. The summed E-state index contributed by atoms with van der Waals surface area (Å²) in [4.78, 5) is 40.7. The lowest BCUT2D eigenvalue weighted by Gasteiger charge is -2.25. The van der Waals surface area contributed by atoms with Crippen LogP contribution in [0.5, 0.6) is 0 Å². The highest BCUT2D eigenvalue weighted by atomic mass is 16.4. The lowest BCUT2D eigenvalue weighted by Crippen LogP contribution is -2.36. The molecular weight excluding hydrogens is 420 g/mol. The molecule has 0 saturated carbocycles. The van der Waals surface area contributed by atoms with Crippen LogP contribution in [-0.2, 0) is 17.6 Å². The number of urea groups is 1. The fraction of sp³-hybridized carbons (Fsp3) is 0.417. The van der Waals surface area contributed by atoms with E-state index in [1.807, 2.05) is 24.3 Å². The van der Waals surface area contributed by atoms with Crippen molar-refractivity contribution in [3.8, 4) is 0 Å². The van der Waals surface area contributed by atoms with Gasteiger partial charge in [-0.2, -0.15) is 0 Å².